The number of rotatable bonds is 2. The first-order chi connectivity index (χ1) is 8.49. The van der Waals surface area contributed by atoms with Gasteiger partial charge in [0.15, 0.2) is 5.78 Å². The number of carbonyl (C=O) groups is 1. The highest BCUT2D eigenvalue weighted by atomic mass is 35.5. The molecule has 0 aliphatic carbocycles. The molecule has 0 atom stereocenters. The quantitative estimate of drug-likeness (QED) is 0.732. The Morgan fingerprint density at radius 3 is 2.44 bits per heavy atom. The standard InChI is InChI=1S/C14H9ClF2O/c1-8(18)9-2-5-14(17)12(6-9)11-7-10(16)3-4-13(11)15/h2-7H,1H3. The van der Waals surface area contributed by atoms with E-state index in [4.69, 9.17) is 11.6 Å². The Bertz CT molecular complexity index is 623. The molecular formula is C14H9ClF2O. The topological polar surface area (TPSA) is 17.1 Å². The number of benzene rings is 2. The van der Waals surface area contributed by atoms with Crippen LogP contribution in [0.2, 0.25) is 5.02 Å². The van der Waals surface area contributed by atoms with E-state index >= 15 is 0 Å². The van der Waals surface area contributed by atoms with Gasteiger partial charge in [-0.15, -0.1) is 0 Å². The minimum absolute atomic E-state index is 0.118. The Morgan fingerprint density at radius 2 is 1.78 bits per heavy atom. The fourth-order valence-corrected chi connectivity index (χ4v) is 1.87. The van der Waals surface area contributed by atoms with Gasteiger partial charge in [0, 0.05) is 21.7 Å². The number of hydrogen-bond donors (Lipinski definition) is 0. The minimum Gasteiger partial charge on any atom is -0.295 e. The molecule has 2 rings (SSSR count). The molecular weight excluding hydrogens is 258 g/mol. The van der Waals surface area contributed by atoms with Crippen molar-refractivity contribution in [3.63, 3.8) is 0 Å². The smallest absolute Gasteiger partial charge is 0.159 e. The van der Waals surface area contributed by atoms with E-state index in [1.54, 1.807) is 0 Å². The number of carbonyl (C=O) groups excluding carboxylic acids is 1. The summed E-state index contributed by atoms with van der Waals surface area (Å²) in [6.07, 6.45) is 0. The van der Waals surface area contributed by atoms with Crippen molar-refractivity contribution in [2.24, 2.45) is 0 Å². The first-order valence-corrected chi connectivity index (χ1v) is 5.63. The molecule has 0 saturated carbocycles. The first-order valence-electron chi connectivity index (χ1n) is 5.25. The van der Waals surface area contributed by atoms with E-state index in [2.05, 4.69) is 0 Å². The Labute approximate surface area is 108 Å². The minimum atomic E-state index is -0.549. The van der Waals surface area contributed by atoms with Crippen molar-refractivity contribution in [2.75, 3.05) is 0 Å². The number of Topliss-reactive ketones (excluding diaryl/α,β-unsaturated/α-hetero) is 1. The highest BCUT2D eigenvalue weighted by Crippen LogP contribution is 2.31. The van der Waals surface area contributed by atoms with Gasteiger partial charge in [0.1, 0.15) is 11.6 Å². The van der Waals surface area contributed by atoms with E-state index in [1.165, 1.54) is 37.3 Å². The van der Waals surface area contributed by atoms with Crippen LogP contribution in [0.3, 0.4) is 0 Å². The van der Waals surface area contributed by atoms with Crippen molar-refractivity contribution < 1.29 is 13.6 Å². The lowest BCUT2D eigenvalue weighted by molar-refractivity contribution is 0.101. The maximum Gasteiger partial charge on any atom is 0.159 e. The normalized spacial score (nSPS) is 10.4. The van der Waals surface area contributed by atoms with Gasteiger partial charge in [-0.1, -0.05) is 11.6 Å². The molecule has 0 aromatic heterocycles. The summed E-state index contributed by atoms with van der Waals surface area (Å²) >= 11 is 5.92. The second-order valence-corrected chi connectivity index (χ2v) is 4.28. The van der Waals surface area contributed by atoms with Crippen molar-refractivity contribution in [3.05, 3.63) is 58.6 Å². The molecule has 0 fully saturated rings. The van der Waals surface area contributed by atoms with Crippen molar-refractivity contribution in [1.82, 2.24) is 0 Å². The lowest BCUT2D eigenvalue weighted by Crippen LogP contribution is -1.95. The monoisotopic (exact) mass is 266 g/mol. The summed E-state index contributed by atoms with van der Waals surface area (Å²) in [5, 5.41) is 0.232. The van der Waals surface area contributed by atoms with Crippen LogP contribution in [-0.4, -0.2) is 5.78 Å². The molecule has 2 aromatic rings. The average molecular weight is 267 g/mol. The van der Waals surface area contributed by atoms with Crippen molar-refractivity contribution >= 4 is 17.4 Å². The van der Waals surface area contributed by atoms with Crippen LogP contribution in [0.15, 0.2) is 36.4 Å². The highest BCUT2D eigenvalue weighted by molar-refractivity contribution is 6.33. The average Bonchev–Trinajstić information content (AvgIpc) is 2.33. The van der Waals surface area contributed by atoms with Gasteiger partial charge in [0.25, 0.3) is 0 Å². The molecule has 0 unspecified atom stereocenters. The Balaban J connectivity index is 2.66. The Hall–Kier alpha value is -1.74. The van der Waals surface area contributed by atoms with E-state index in [0.717, 1.165) is 6.07 Å². The molecule has 0 radical (unpaired) electrons. The molecule has 18 heavy (non-hydrogen) atoms. The number of ketones is 1. The molecule has 1 nitrogen and oxygen atoms in total. The maximum absolute atomic E-state index is 13.7. The largest absolute Gasteiger partial charge is 0.295 e. The molecule has 0 amide bonds. The van der Waals surface area contributed by atoms with Gasteiger partial charge in [-0.3, -0.25) is 4.79 Å². The molecule has 0 saturated heterocycles. The number of hydrogen-bond acceptors (Lipinski definition) is 1. The van der Waals surface area contributed by atoms with E-state index < -0.39 is 11.6 Å². The second kappa shape index (κ2) is 4.86. The third-order valence-electron chi connectivity index (χ3n) is 2.59. The first kappa shape index (κ1) is 12.7. The molecule has 0 bridgehead atoms. The zero-order chi connectivity index (χ0) is 13.3. The molecule has 0 aliphatic heterocycles. The zero-order valence-electron chi connectivity index (χ0n) is 9.51. The predicted octanol–water partition coefficient (Wildman–Crippen LogP) is 4.49. The van der Waals surface area contributed by atoms with Gasteiger partial charge in [0.05, 0.1) is 0 Å². The van der Waals surface area contributed by atoms with E-state index in [-0.39, 0.29) is 21.9 Å². The summed E-state index contributed by atoms with van der Waals surface area (Å²) in [6.45, 7) is 1.38. The Morgan fingerprint density at radius 1 is 1.06 bits per heavy atom. The summed E-state index contributed by atoms with van der Waals surface area (Å²) in [4.78, 5) is 11.3. The van der Waals surface area contributed by atoms with Crippen LogP contribution in [0.25, 0.3) is 11.1 Å². The molecule has 92 valence electrons. The maximum atomic E-state index is 13.7. The summed E-state index contributed by atoms with van der Waals surface area (Å²) < 4.78 is 26.9. The van der Waals surface area contributed by atoms with E-state index in [9.17, 15) is 13.6 Å². The molecule has 4 heteroatoms. The van der Waals surface area contributed by atoms with Crippen molar-refractivity contribution in [1.29, 1.82) is 0 Å². The van der Waals surface area contributed by atoms with Crippen LogP contribution in [0.4, 0.5) is 8.78 Å². The molecule has 0 heterocycles. The van der Waals surface area contributed by atoms with Gasteiger partial charge < -0.3 is 0 Å². The van der Waals surface area contributed by atoms with Gasteiger partial charge in [-0.2, -0.15) is 0 Å². The van der Waals surface area contributed by atoms with Crippen molar-refractivity contribution in [3.8, 4) is 11.1 Å². The van der Waals surface area contributed by atoms with Gasteiger partial charge in [-0.05, 0) is 43.3 Å². The highest BCUT2D eigenvalue weighted by Gasteiger charge is 2.12. The third-order valence-corrected chi connectivity index (χ3v) is 2.92. The fraction of sp³-hybridized carbons (Fsp3) is 0.0714. The van der Waals surface area contributed by atoms with Crippen LogP contribution < -0.4 is 0 Å². The molecule has 0 spiro atoms. The van der Waals surface area contributed by atoms with Crippen LogP contribution in [0.1, 0.15) is 17.3 Å². The van der Waals surface area contributed by atoms with E-state index in [0.29, 0.717) is 5.56 Å². The molecule has 0 aliphatic rings. The molecule has 0 N–H and O–H groups in total. The van der Waals surface area contributed by atoms with Crippen LogP contribution in [0.5, 0.6) is 0 Å². The third kappa shape index (κ3) is 2.41. The van der Waals surface area contributed by atoms with Gasteiger partial charge >= 0.3 is 0 Å². The van der Waals surface area contributed by atoms with Crippen LogP contribution >= 0.6 is 11.6 Å². The summed E-state index contributed by atoms with van der Waals surface area (Å²) in [5.74, 6) is -1.25. The Kier molecular flexibility index (Phi) is 3.43. The van der Waals surface area contributed by atoms with Crippen LogP contribution in [-0.2, 0) is 0 Å². The second-order valence-electron chi connectivity index (χ2n) is 3.87. The number of halogens is 3. The summed E-state index contributed by atoms with van der Waals surface area (Å²) in [6, 6.07) is 7.62. The van der Waals surface area contributed by atoms with Gasteiger partial charge in [-0.25, -0.2) is 8.78 Å². The predicted molar refractivity (Wildman–Crippen MR) is 66.8 cm³/mol. The van der Waals surface area contributed by atoms with Crippen molar-refractivity contribution in [2.45, 2.75) is 6.92 Å². The SMILES string of the molecule is CC(=O)c1ccc(F)c(-c2cc(F)ccc2Cl)c1. The molecule has 2 aromatic carbocycles. The van der Waals surface area contributed by atoms with Crippen LogP contribution in [0, 0.1) is 11.6 Å². The summed E-state index contributed by atoms with van der Waals surface area (Å²) in [7, 11) is 0. The zero-order valence-corrected chi connectivity index (χ0v) is 10.3. The fourth-order valence-electron chi connectivity index (χ4n) is 1.65. The summed E-state index contributed by atoms with van der Waals surface area (Å²) in [5.41, 5.74) is 0.705. The van der Waals surface area contributed by atoms with E-state index in [1.807, 2.05) is 0 Å². The van der Waals surface area contributed by atoms with Gasteiger partial charge in [0.2, 0.25) is 0 Å². The lowest BCUT2D eigenvalue weighted by atomic mass is 10.0. The lowest BCUT2D eigenvalue weighted by Gasteiger charge is -2.07.